The number of hydrogen-bond acceptors (Lipinski definition) is 5. The van der Waals surface area contributed by atoms with Crippen LogP contribution < -0.4 is 14.8 Å². The van der Waals surface area contributed by atoms with Gasteiger partial charge in [0.25, 0.3) is 5.91 Å². The van der Waals surface area contributed by atoms with Gasteiger partial charge in [-0.25, -0.2) is 4.99 Å². The number of thioether (sulfide) groups is 1. The third-order valence-electron chi connectivity index (χ3n) is 3.51. The van der Waals surface area contributed by atoms with E-state index in [0.29, 0.717) is 37.3 Å². The molecule has 2 aromatic carbocycles. The minimum Gasteiger partial charge on any atom is -0.497 e. The topological polar surface area (TPSA) is 59.9 Å². The highest BCUT2D eigenvalue weighted by Gasteiger charge is 2.24. The predicted octanol–water partition coefficient (Wildman–Crippen LogP) is 4.90. The highest BCUT2D eigenvalue weighted by molar-refractivity contribution is 8.18. The van der Waals surface area contributed by atoms with Crippen LogP contribution in [0.4, 0.5) is 5.69 Å². The van der Waals surface area contributed by atoms with Crippen molar-refractivity contribution >= 4 is 57.8 Å². The number of nitrogens with zero attached hydrogens (tertiary/aromatic N) is 1. The number of halogens is 2. The van der Waals surface area contributed by atoms with Crippen LogP contribution in [0, 0.1) is 0 Å². The van der Waals surface area contributed by atoms with E-state index in [9.17, 15) is 4.79 Å². The summed E-state index contributed by atoms with van der Waals surface area (Å²) in [4.78, 5) is 17.1. The van der Waals surface area contributed by atoms with Gasteiger partial charge in [-0.3, -0.25) is 4.79 Å². The first-order chi connectivity index (χ1) is 12.5. The Morgan fingerprint density at radius 2 is 1.92 bits per heavy atom. The van der Waals surface area contributed by atoms with E-state index in [1.165, 1.54) is 11.8 Å². The van der Waals surface area contributed by atoms with Gasteiger partial charge in [0.1, 0.15) is 11.5 Å². The fourth-order valence-electron chi connectivity index (χ4n) is 2.24. The van der Waals surface area contributed by atoms with Crippen LogP contribution in [0.2, 0.25) is 10.0 Å². The smallest absolute Gasteiger partial charge is 0.264 e. The maximum absolute atomic E-state index is 12.2. The largest absolute Gasteiger partial charge is 0.497 e. The van der Waals surface area contributed by atoms with Crippen LogP contribution in [0.15, 0.2) is 46.3 Å². The fourth-order valence-corrected chi connectivity index (χ4v) is 3.52. The van der Waals surface area contributed by atoms with E-state index in [0.717, 1.165) is 5.56 Å². The Morgan fingerprint density at radius 3 is 2.62 bits per heavy atom. The number of carbonyl (C=O) groups excluding carboxylic acids is 1. The summed E-state index contributed by atoms with van der Waals surface area (Å²) in [7, 11) is 3.14. The molecule has 1 N–H and O–H groups in total. The molecule has 2 aromatic rings. The molecule has 26 heavy (non-hydrogen) atoms. The zero-order valence-corrected chi connectivity index (χ0v) is 16.2. The summed E-state index contributed by atoms with van der Waals surface area (Å²) in [5.41, 5.74) is 1.29. The van der Waals surface area contributed by atoms with Crippen molar-refractivity contribution in [1.82, 2.24) is 5.32 Å². The normalized spacial score (nSPS) is 16.8. The van der Waals surface area contributed by atoms with Crippen LogP contribution >= 0.6 is 35.0 Å². The van der Waals surface area contributed by atoms with Gasteiger partial charge in [-0.2, -0.15) is 0 Å². The van der Waals surface area contributed by atoms with Crippen LogP contribution in [0.5, 0.6) is 11.5 Å². The summed E-state index contributed by atoms with van der Waals surface area (Å²) in [6.07, 6.45) is 1.74. The first kappa shape index (κ1) is 18.6. The number of nitrogens with one attached hydrogen (secondary N) is 1. The Morgan fingerprint density at radius 1 is 1.12 bits per heavy atom. The molecular weight excluding hydrogens is 395 g/mol. The van der Waals surface area contributed by atoms with Gasteiger partial charge in [0.05, 0.1) is 29.8 Å². The molecule has 0 unspecified atom stereocenters. The number of rotatable bonds is 4. The number of amidine groups is 1. The molecular formula is C18H14Cl2N2O3S. The molecule has 1 saturated heterocycles. The molecule has 1 amide bonds. The van der Waals surface area contributed by atoms with Gasteiger partial charge in [-0.1, -0.05) is 23.2 Å². The van der Waals surface area contributed by atoms with Gasteiger partial charge in [0.2, 0.25) is 0 Å². The average Bonchev–Trinajstić information content (AvgIpc) is 2.97. The van der Waals surface area contributed by atoms with E-state index in [1.54, 1.807) is 50.6 Å². The minimum absolute atomic E-state index is 0.239. The van der Waals surface area contributed by atoms with Crippen LogP contribution in [-0.2, 0) is 4.79 Å². The molecule has 8 heteroatoms. The third kappa shape index (κ3) is 4.15. The number of ether oxygens (including phenoxy) is 2. The fraction of sp³-hybridized carbons (Fsp3) is 0.111. The van der Waals surface area contributed by atoms with E-state index in [4.69, 9.17) is 32.7 Å². The first-order valence-electron chi connectivity index (χ1n) is 7.47. The predicted molar refractivity (Wildman–Crippen MR) is 107 cm³/mol. The second-order valence-corrected chi connectivity index (χ2v) is 7.06. The summed E-state index contributed by atoms with van der Waals surface area (Å²) in [5, 5.41) is 4.10. The van der Waals surface area contributed by atoms with Crippen molar-refractivity contribution < 1.29 is 14.3 Å². The SMILES string of the molecule is COc1ccc(C=C2SC(=Nc3ccc(Cl)cc3Cl)NC2=O)c(OC)c1. The molecule has 3 rings (SSSR count). The Hall–Kier alpha value is -2.15. The molecule has 0 radical (unpaired) electrons. The molecule has 0 atom stereocenters. The van der Waals surface area contributed by atoms with Gasteiger partial charge in [0, 0.05) is 16.7 Å². The standard InChI is InChI=1S/C18H14Cl2N2O3S/c1-24-12-5-3-10(15(9-12)25-2)7-16-17(23)22-18(26-16)21-14-6-4-11(19)8-13(14)20/h3-9H,1-2H3,(H,21,22,23). The molecule has 1 aliphatic heterocycles. The van der Waals surface area contributed by atoms with Crippen molar-refractivity contribution in [2.75, 3.05) is 14.2 Å². The van der Waals surface area contributed by atoms with Gasteiger partial charge < -0.3 is 14.8 Å². The maximum Gasteiger partial charge on any atom is 0.264 e. The molecule has 1 heterocycles. The number of hydrogen-bond donors (Lipinski definition) is 1. The summed E-state index contributed by atoms with van der Waals surface area (Å²) >= 11 is 13.2. The molecule has 134 valence electrons. The quantitative estimate of drug-likeness (QED) is 0.730. The molecule has 0 aromatic heterocycles. The second kappa shape index (κ2) is 8.03. The van der Waals surface area contributed by atoms with Crippen LogP contribution in [0.1, 0.15) is 5.56 Å². The summed E-state index contributed by atoms with van der Waals surface area (Å²) in [6.45, 7) is 0. The minimum atomic E-state index is -0.239. The van der Waals surface area contributed by atoms with Gasteiger partial charge >= 0.3 is 0 Å². The number of benzene rings is 2. The molecule has 1 fully saturated rings. The van der Waals surface area contributed by atoms with Crippen LogP contribution in [-0.4, -0.2) is 25.3 Å². The Kier molecular flexibility index (Phi) is 5.76. The lowest BCUT2D eigenvalue weighted by molar-refractivity contribution is -0.115. The zero-order chi connectivity index (χ0) is 18.7. The Bertz CT molecular complexity index is 929. The molecule has 1 aliphatic rings. The number of aliphatic imine (C=N–C) groups is 1. The summed E-state index contributed by atoms with van der Waals surface area (Å²) in [6, 6.07) is 10.4. The monoisotopic (exact) mass is 408 g/mol. The Balaban J connectivity index is 1.88. The lowest BCUT2D eigenvalue weighted by Crippen LogP contribution is -2.19. The molecule has 0 bridgehead atoms. The summed E-state index contributed by atoms with van der Waals surface area (Å²) in [5.74, 6) is 1.04. The maximum atomic E-state index is 12.2. The third-order valence-corrected chi connectivity index (χ3v) is 4.96. The lowest BCUT2D eigenvalue weighted by Gasteiger charge is -2.07. The molecule has 5 nitrogen and oxygen atoms in total. The highest BCUT2D eigenvalue weighted by Crippen LogP contribution is 2.34. The molecule has 0 aliphatic carbocycles. The van der Waals surface area contributed by atoms with Crippen molar-refractivity contribution in [2.24, 2.45) is 4.99 Å². The van der Waals surface area contributed by atoms with E-state index in [2.05, 4.69) is 10.3 Å². The number of methoxy groups -OCH3 is 2. The first-order valence-corrected chi connectivity index (χ1v) is 9.04. The average molecular weight is 409 g/mol. The van der Waals surface area contributed by atoms with Crippen LogP contribution in [0.25, 0.3) is 6.08 Å². The van der Waals surface area contributed by atoms with Gasteiger partial charge in [-0.05, 0) is 48.2 Å². The van der Waals surface area contributed by atoms with Crippen molar-refractivity contribution in [3.63, 3.8) is 0 Å². The van der Waals surface area contributed by atoms with Gasteiger partial charge in [0.15, 0.2) is 5.17 Å². The highest BCUT2D eigenvalue weighted by atomic mass is 35.5. The Labute approximate surface area is 165 Å². The molecule has 0 spiro atoms. The van der Waals surface area contributed by atoms with E-state index in [1.807, 2.05) is 6.07 Å². The van der Waals surface area contributed by atoms with Crippen molar-refractivity contribution in [1.29, 1.82) is 0 Å². The van der Waals surface area contributed by atoms with Gasteiger partial charge in [-0.15, -0.1) is 0 Å². The van der Waals surface area contributed by atoms with Crippen molar-refractivity contribution in [2.45, 2.75) is 0 Å². The summed E-state index contributed by atoms with van der Waals surface area (Å²) < 4.78 is 10.5. The number of amides is 1. The van der Waals surface area contributed by atoms with Crippen LogP contribution in [0.3, 0.4) is 0 Å². The second-order valence-electron chi connectivity index (χ2n) is 5.19. The van der Waals surface area contributed by atoms with E-state index in [-0.39, 0.29) is 5.91 Å². The lowest BCUT2D eigenvalue weighted by atomic mass is 10.1. The van der Waals surface area contributed by atoms with E-state index >= 15 is 0 Å². The van der Waals surface area contributed by atoms with Crippen molar-refractivity contribution in [3.05, 3.63) is 56.9 Å². The zero-order valence-electron chi connectivity index (χ0n) is 13.9. The van der Waals surface area contributed by atoms with Crippen molar-refractivity contribution in [3.8, 4) is 11.5 Å². The van der Waals surface area contributed by atoms with E-state index < -0.39 is 0 Å². The molecule has 0 saturated carbocycles. The number of carbonyl (C=O) groups is 1.